The molecule has 8 nitrogen and oxygen atoms in total. The minimum absolute atomic E-state index is 0.164. The molecule has 0 fully saturated rings. The summed E-state index contributed by atoms with van der Waals surface area (Å²) in [5.41, 5.74) is 2.31. The summed E-state index contributed by atoms with van der Waals surface area (Å²) in [6, 6.07) is 16.8. The van der Waals surface area contributed by atoms with Crippen molar-refractivity contribution in [3.63, 3.8) is 0 Å². The van der Waals surface area contributed by atoms with Crippen LogP contribution in [0, 0.1) is 6.92 Å². The molecule has 0 bridgehead atoms. The second-order valence-electron chi connectivity index (χ2n) is 6.86. The van der Waals surface area contributed by atoms with Crippen molar-refractivity contribution in [3.8, 4) is 11.5 Å². The third-order valence-corrected chi connectivity index (χ3v) is 4.85. The van der Waals surface area contributed by atoms with Crippen LogP contribution in [-0.4, -0.2) is 29.7 Å². The molecule has 0 aliphatic carbocycles. The Balaban J connectivity index is 1.72. The number of methoxy groups -OCH3 is 2. The molecule has 0 spiro atoms. The molecule has 1 aliphatic heterocycles. The van der Waals surface area contributed by atoms with Gasteiger partial charge in [0.25, 0.3) is 5.56 Å². The van der Waals surface area contributed by atoms with E-state index in [1.165, 1.54) is 6.07 Å². The summed E-state index contributed by atoms with van der Waals surface area (Å²) in [4.78, 5) is 21.9. The van der Waals surface area contributed by atoms with Crippen LogP contribution in [0.2, 0.25) is 0 Å². The van der Waals surface area contributed by atoms with Crippen LogP contribution in [0.5, 0.6) is 11.5 Å². The number of guanidine groups is 1. The van der Waals surface area contributed by atoms with Crippen molar-refractivity contribution in [2.45, 2.75) is 19.6 Å². The lowest BCUT2D eigenvalue weighted by Crippen LogP contribution is -2.48. The number of fused-ring (bicyclic) bond motifs is 1. The number of nitrogens with zero attached hydrogens (tertiary/aromatic N) is 3. The second-order valence-corrected chi connectivity index (χ2v) is 6.86. The van der Waals surface area contributed by atoms with E-state index >= 15 is 0 Å². The van der Waals surface area contributed by atoms with Gasteiger partial charge < -0.3 is 14.8 Å². The van der Waals surface area contributed by atoms with Crippen LogP contribution in [0.1, 0.15) is 23.0 Å². The number of benzene rings is 2. The first kappa shape index (κ1) is 19.5. The van der Waals surface area contributed by atoms with E-state index in [0.717, 1.165) is 16.9 Å². The third-order valence-electron chi connectivity index (χ3n) is 4.85. The third kappa shape index (κ3) is 3.84. The number of aliphatic imine (C=N–C) groups is 1. The molecule has 0 amide bonds. The largest absolute Gasteiger partial charge is 0.497 e. The average Bonchev–Trinajstić information content (AvgIpc) is 2.77. The Labute approximate surface area is 174 Å². The molecular formula is C22H23N5O3. The van der Waals surface area contributed by atoms with Crippen LogP contribution >= 0.6 is 0 Å². The molecule has 8 heteroatoms. The van der Waals surface area contributed by atoms with Gasteiger partial charge in [0.2, 0.25) is 5.95 Å². The molecular weight excluding hydrogens is 382 g/mol. The number of para-hydroxylation sites is 1. The summed E-state index contributed by atoms with van der Waals surface area (Å²) < 4.78 is 12.3. The number of anilines is 1. The van der Waals surface area contributed by atoms with Crippen LogP contribution in [0.15, 0.2) is 64.4 Å². The molecule has 2 heterocycles. The summed E-state index contributed by atoms with van der Waals surface area (Å²) in [5, 5.41) is 6.44. The van der Waals surface area contributed by atoms with Gasteiger partial charge in [-0.3, -0.25) is 14.7 Å². The molecule has 4 rings (SSSR count). The predicted molar refractivity (Wildman–Crippen MR) is 115 cm³/mol. The quantitative estimate of drug-likeness (QED) is 0.678. The fourth-order valence-corrected chi connectivity index (χ4v) is 3.38. The topological polar surface area (TPSA) is 89.8 Å². The maximum Gasteiger partial charge on any atom is 0.257 e. The molecule has 1 aromatic heterocycles. The molecule has 0 saturated carbocycles. The first-order chi connectivity index (χ1) is 14.6. The number of hydrogen-bond donors (Lipinski definition) is 2. The van der Waals surface area contributed by atoms with Gasteiger partial charge in [0.05, 0.1) is 20.8 Å². The lowest BCUT2D eigenvalue weighted by molar-refractivity contribution is 0.395. The molecule has 30 heavy (non-hydrogen) atoms. The van der Waals surface area contributed by atoms with Crippen molar-refractivity contribution in [1.29, 1.82) is 0 Å². The van der Waals surface area contributed by atoms with E-state index in [-0.39, 0.29) is 5.56 Å². The van der Waals surface area contributed by atoms with Crippen molar-refractivity contribution in [2.75, 3.05) is 19.5 Å². The number of ether oxygens (including phenoxy) is 2. The number of aromatic nitrogens is 2. The Kier molecular flexibility index (Phi) is 5.38. The zero-order valence-corrected chi connectivity index (χ0v) is 17.0. The number of hydrogen-bond acceptors (Lipinski definition) is 5. The fraction of sp³-hybridized carbons (Fsp3) is 0.227. The monoisotopic (exact) mass is 405 g/mol. The molecule has 2 aromatic carbocycles. The smallest absolute Gasteiger partial charge is 0.257 e. The molecule has 1 aliphatic rings. The SMILES string of the molecule is COc1ccc(CN=C2Nc3nc(C)cc(=O)n3[C@H](c3ccccc3OC)N2)cc1. The Bertz CT molecular complexity index is 1140. The molecule has 2 N–H and O–H groups in total. The molecule has 3 aromatic rings. The maximum absolute atomic E-state index is 12.8. The lowest BCUT2D eigenvalue weighted by Gasteiger charge is -2.31. The van der Waals surface area contributed by atoms with Gasteiger partial charge >= 0.3 is 0 Å². The maximum atomic E-state index is 12.8. The highest BCUT2D eigenvalue weighted by molar-refractivity contribution is 5.93. The van der Waals surface area contributed by atoms with Crippen molar-refractivity contribution in [2.24, 2.45) is 4.99 Å². The van der Waals surface area contributed by atoms with Crippen LogP contribution in [0.3, 0.4) is 0 Å². The molecule has 1 atom stereocenters. The van der Waals surface area contributed by atoms with Crippen molar-refractivity contribution in [1.82, 2.24) is 14.9 Å². The van der Waals surface area contributed by atoms with E-state index in [1.807, 2.05) is 48.5 Å². The van der Waals surface area contributed by atoms with Crippen LogP contribution in [0.25, 0.3) is 0 Å². The van der Waals surface area contributed by atoms with Crippen molar-refractivity contribution in [3.05, 3.63) is 81.8 Å². The number of nitrogens with one attached hydrogen (secondary N) is 2. The van der Waals surface area contributed by atoms with E-state index < -0.39 is 6.17 Å². The Morgan fingerprint density at radius 2 is 1.87 bits per heavy atom. The van der Waals surface area contributed by atoms with Crippen LogP contribution < -0.4 is 25.7 Å². The summed E-state index contributed by atoms with van der Waals surface area (Å²) in [6.07, 6.45) is -0.507. The van der Waals surface area contributed by atoms with Crippen molar-refractivity contribution >= 4 is 11.9 Å². The van der Waals surface area contributed by atoms with Gasteiger partial charge in [-0.05, 0) is 30.7 Å². The van der Waals surface area contributed by atoms with E-state index in [1.54, 1.807) is 25.7 Å². The zero-order valence-electron chi connectivity index (χ0n) is 17.0. The van der Waals surface area contributed by atoms with E-state index in [4.69, 9.17) is 9.47 Å². The van der Waals surface area contributed by atoms with Crippen LogP contribution in [-0.2, 0) is 6.54 Å². The first-order valence-electron chi connectivity index (χ1n) is 9.53. The standard InChI is InChI=1S/C22H23N5O3/c1-14-12-19(28)27-20(17-6-4-5-7-18(17)30-3)25-21(26-22(27)24-14)23-13-15-8-10-16(29-2)11-9-15/h4-12,20H,13H2,1-3H3,(H2,23,24,25,26)/t20-/m1/s1. The van der Waals surface area contributed by atoms with Crippen molar-refractivity contribution < 1.29 is 9.47 Å². The summed E-state index contributed by atoms with van der Waals surface area (Å²) in [6.45, 7) is 2.24. The van der Waals surface area contributed by atoms with E-state index in [0.29, 0.717) is 29.9 Å². The highest BCUT2D eigenvalue weighted by Crippen LogP contribution is 2.28. The summed E-state index contributed by atoms with van der Waals surface area (Å²) in [5.74, 6) is 2.43. The summed E-state index contributed by atoms with van der Waals surface area (Å²) >= 11 is 0. The van der Waals surface area contributed by atoms with Gasteiger partial charge in [-0.1, -0.05) is 30.3 Å². The molecule has 0 saturated heterocycles. The number of rotatable bonds is 5. The lowest BCUT2D eigenvalue weighted by atomic mass is 10.1. The van der Waals surface area contributed by atoms with Gasteiger partial charge in [-0.25, -0.2) is 9.98 Å². The summed E-state index contributed by atoms with van der Waals surface area (Å²) in [7, 11) is 3.24. The average molecular weight is 405 g/mol. The fourth-order valence-electron chi connectivity index (χ4n) is 3.38. The van der Waals surface area contributed by atoms with E-state index in [2.05, 4.69) is 20.6 Å². The number of aryl methyl sites for hydroxylation is 1. The van der Waals surface area contributed by atoms with Gasteiger partial charge in [0, 0.05) is 17.3 Å². The zero-order chi connectivity index (χ0) is 21.1. The molecule has 154 valence electrons. The first-order valence-corrected chi connectivity index (χ1v) is 9.53. The van der Waals surface area contributed by atoms with Crippen LogP contribution in [0.4, 0.5) is 5.95 Å². The van der Waals surface area contributed by atoms with Gasteiger partial charge in [0.1, 0.15) is 17.7 Å². The second kappa shape index (κ2) is 8.28. The Morgan fingerprint density at radius 3 is 2.60 bits per heavy atom. The minimum Gasteiger partial charge on any atom is -0.497 e. The normalized spacial score (nSPS) is 16.4. The van der Waals surface area contributed by atoms with Gasteiger partial charge in [0.15, 0.2) is 5.96 Å². The Hall–Kier alpha value is -3.81. The highest BCUT2D eigenvalue weighted by atomic mass is 16.5. The van der Waals surface area contributed by atoms with Gasteiger partial charge in [-0.2, -0.15) is 0 Å². The Morgan fingerprint density at radius 1 is 1.10 bits per heavy atom. The molecule has 0 unspecified atom stereocenters. The predicted octanol–water partition coefficient (Wildman–Crippen LogP) is 2.69. The van der Waals surface area contributed by atoms with E-state index in [9.17, 15) is 4.79 Å². The van der Waals surface area contributed by atoms with Gasteiger partial charge in [-0.15, -0.1) is 0 Å². The minimum atomic E-state index is -0.507. The highest BCUT2D eigenvalue weighted by Gasteiger charge is 2.28. The molecule has 0 radical (unpaired) electrons.